The van der Waals surface area contributed by atoms with Gasteiger partial charge in [0, 0.05) is 47.8 Å². The Morgan fingerprint density at radius 1 is 0.800 bits per heavy atom. The number of nitrogens with zero attached hydrogens (tertiary/aromatic N) is 2. The highest BCUT2D eigenvalue weighted by Gasteiger charge is 2.18. The zero-order valence-electron chi connectivity index (χ0n) is 26.3. The lowest BCUT2D eigenvalue weighted by atomic mass is 10.1. The van der Waals surface area contributed by atoms with Gasteiger partial charge in [0.15, 0.2) is 0 Å². The maximum Gasteiger partial charge on any atom is 0.412 e. The Morgan fingerprint density at radius 3 is 2.24 bits per heavy atom. The first kappa shape index (κ1) is 33.2. The number of nitrogens with one attached hydrogen (secondary N) is 2. The monoisotopic (exact) mass is 620 g/mol. The van der Waals surface area contributed by atoms with E-state index in [1.807, 2.05) is 57.2 Å². The van der Waals surface area contributed by atoms with Crippen molar-refractivity contribution < 1.29 is 38.0 Å². The Morgan fingerprint density at radius 2 is 1.51 bits per heavy atom. The van der Waals surface area contributed by atoms with Crippen LogP contribution in [0.1, 0.15) is 20.8 Å². The molecule has 0 saturated heterocycles. The van der Waals surface area contributed by atoms with Gasteiger partial charge >= 0.3 is 6.09 Å². The van der Waals surface area contributed by atoms with Gasteiger partial charge in [0.05, 0.1) is 45.8 Å². The van der Waals surface area contributed by atoms with E-state index in [-0.39, 0.29) is 0 Å². The molecule has 2 N–H and O–H groups in total. The van der Waals surface area contributed by atoms with Crippen molar-refractivity contribution in [1.82, 2.24) is 9.97 Å². The van der Waals surface area contributed by atoms with E-state index in [9.17, 15) is 4.79 Å². The lowest BCUT2D eigenvalue weighted by Gasteiger charge is -2.20. The molecule has 0 spiro atoms. The van der Waals surface area contributed by atoms with E-state index < -0.39 is 11.7 Å². The molecule has 0 aliphatic heterocycles. The predicted molar refractivity (Wildman–Crippen MR) is 171 cm³/mol. The van der Waals surface area contributed by atoms with Gasteiger partial charge in [-0.05, 0) is 32.9 Å². The number of fused-ring (bicyclic) bond motifs is 1. The summed E-state index contributed by atoms with van der Waals surface area (Å²) in [6.45, 7) is 8.27. The molecule has 12 nitrogen and oxygen atoms in total. The number of rotatable bonds is 16. The average molecular weight is 621 g/mol. The maximum absolute atomic E-state index is 12.4. The summed E-state index contributed by atoms with van der Waals surface area (Å²) >= 11 is 0. The maximum atomic E-state index is 12.4. The second-order valence-electron chi connectivity index (χ2n) is 10.7. The molecule has 0 bridgehead atoms. The molecule has 3 aromatic carbocycles. The number of hydrogen-bond acceptors (Lipinski definition) is 11. The topological polar surface area (TPSA) is 132 Å². The Labute approximate surface area is 262 Å². The summed E-state index contributed by atoms with van der Waals surface area (Å²) in [5.41, 5.74) is 0.687. The molecule has 1 heterocycles. The zero-order chi connectivity index (χ0) is 32.1. The molecular weight excluding hydrogens is 580 g/mol. The van der Waals surface area contributed by atoms with Crippen LogP contribution in [0, 0.1) is 0 Å². The Kier molecular flexibility index (Phi) is 12.1. The van der Waals surface area contributed by atoms with Crippen molar-refractivity contribution in [2.45, 2.75) is 26.4 Å². The summed E-state index contributed by atoms with van der Waals surface area (Å²) < 4.78 is 38.8. The van der Waals surface area contributed by atoms with Crippen LogP contribution >= 0.6 is 0 Å². The molecule has 0 aliphatic rings. The minimum Gasteiger partial charge on any atom is -0.497 e. The average Bonchev–Trinajstić information content (AvgIpc) is 3.00. The number of carbonyl (C=O) groups is 1. The Bertz CT molecular complexity index is 1540. The molecule has 0 fully saturated rings. The van der Waals surface area contributed by atoms with Gasteiger partial charge < -0.3 is 38.5 Å². The van der Waals surface area contributed by atoms with E-state index in [0.717, 1.165) is 10.8 Å². The molecule has 0 atom stereocenters. The van der Waals surface area contributed by atoms with Crippen LogP contribution in [-0.4, -0.2) is 75.5 Å². The first-order valence-electron chi connectivity index (χ1n) is 14.5. The van der Waals surface area contributed by atoms with Crippen LogP contribution in [-0.2, 0) is 18.9 Å². The van der Waals surface area contributed by atoms with E-state index >= 15 is 0 Å². The Hall–Kier alpha value is -4.65. The van der Waals surface area contributed by atoms with E-state index in [2.05, 4.69) is 20.6 Å². The zero-order valence-corrected chi connectivity index (χ0v) is 26.3. The van der Waals surface area contributed by atoms with Crippen LogP contribution in [0.3, 0.4) is 0 Å². The number of benzene rings is 3. The number of aromatic nitrogens is 2. The number of methoxy groups -OCH3 is 2. The molecule has 0 radical (unpaired) electrons. The van der Waals surface area contributed by atoms with E-state index in [0.29, 0.717) is 80.0 Å². The number of ether oxygens (including phenoxy) is 7. The van der Waals surface area contributed by atoms with Gasteiger partial charge in [-0.2, -0.15) is 0 Å². The van der Waals surface area contributed by atoms with Gasteiger partial charge in [0.25, 0.3) is 0 Å². The molecule has 4 rings (SSSR count). The third-order valence-electron chi connectivity index (χ3n) is 6.06. The van der Waals surface area contributed by atoms with Crippen LogP contribution in [0.15, 0.2) is 67.0 Å². The molecule has 0 saturated carbocycles. The van der Waals surface area contributed by atoms with Crippen molar-refractivity contribution in [3.8, 4) is 23.1 Å². The van der Waals surface area contributed by atoms with Crippen molar-refractivity contribution in [3.63, 3.8) is 0 Å². The van der Waals surface area contributed by atoms with Gasteiger partial charge in [0.1, 0.15) is 41.6 Å². The van der Waals surface area contributed by atoms with E-state index in [1.54, 1.807) is 38.5 Å². The first-order chi connectivity index (χ1) is 21.7. The number of hydrogen-bond donors (Lipinski definition) is 2. The summed E-state index contributed by atoms with van der Waals surface area (Å²) in [5.74, 6) is 2.61. The minimum absolute atomic E-state index is 0.327. The molecule has 1 amide bonds. The van der Waals surface area contributed by atoms with Crippen LogP contribution in [0.4, 0.5) is 22.0 Å². The van der Waals surface area contributed by atoms with Crippen LogP contribution in [0.25, 0.3) is 10.8 Å². The minimum atomic E-state index is -0.615. The van der Waals surface area contributed by atoms with Crippen LogP contribution < -0.4 is 24.8 Å². The Balaban J connectivity index is 1.40. The summed E-state index contributed by atoms with van der Waals surface area (Å²) in [7, 11) is 3.22. The van der Waals surface area contributed by atoms with E-state index in [1.165, 1.54) is 6.33 Å². The van der Waals surface area contributed by atoms with Crippen LogP contribution in [0.2, 0.25) is 0 Å². The quantitative estimate of drug-likeness (QED) is 0.132. The lowest BCUT2D eigenvalue weighted by molar-refractivity contribution is 0.0179. The summed E-state index contributed by atoms with van der Waals surface area (Å²) in [5, 5.41) is 7.66. The van der Waals surface area contributed by atoms with Crippen molar-refractivity contribution in [2.75, 3.05) is 64.5 Å². The lowest BCUT2D eigenvalue weighted by Crippen LogP contribution is -2.27. The van der Waals surface area contributed by atoms with Crippen molar-refractivity contribution in [3.05, 3.63) is 67.0 Å². The van der Waals surface area contributed by atoms with Crippen molar-refractivity contribution >= 4 is 34.1 Å². The smallest absolute Gasteiger partial charge is 0.412 e. The predicted octanol–water partition coefficient (Wildman–Crippen LogP) is 6.58. The molecule has 4 aromatic rings. The van der Waals surface area contributed by atoms with Gasteiger partial charge in [-0.25, -0.2) is 14.8 Å². The number of carbonyl (C=O) groups excluding carboxylic acids is 1. The fraction of sp³-hybridized carbons (Fsp3) is 0.364. The van der Waals surface area contributed by atoms with Gasteiger partial charge in [-0.3, -0.25) is 5.32 Å². The molecule has 0 aliphatic carbocycles. The molecule has 12 heteroatoms. The summed E-state index contributed by atoms with van der Waals surface area (Å²) in [6, 6.07) is 18.3. The number of amides is 1. The largest absolute Gasteiger partial charge is 0.497 e. The first-order valence-corrected chi connectivity index (χ1v) is 14.5. The third kappa shape index (κ3) is 10.8. The van der Waals surface area contributed by atoms with Gasteiger partial charge in [0.2, 0.25) is 5.88 Å². The van der Waals surface area contributed by atoms with Crippen molar-refractivity contribution in [1.29, 1.82) is 0 Å². The van der Waals surface area contributed by atoms with Crippen molar-refractivity contribution in [2.24, 2.45) is 0 Å². The highest BCUT2D eigenvalue weighted by molar-refractivity contribution is 6.02. The molecule has 1 aromatic heterocycles. The van der Waals surface area contributed by atoms with Gasteiger partial charge in [-0.1, -0.05) is 24.3 Å². The van der Waals surface area contributed by atoms with E-state index in [4.69, 9.17) is 33.2 Å². The second kappa shape index (κ2) is 16.4. The fourth-order valence-electron chi connectivity index (χ4n) is 4.13. The van der Waals surface area contributed by atoms with Gasteiger partial charge in [-0.15, -0.1) is 0 Å². The van der Waals surface area contributed by atoms with Crippen LogP contribution in [0.5, 0.6) is 23.1 Å². The molecule has 240 valence electrons. The fourth-order valence-corrected chi connectivity index (χ4v) is 4.13. The third-order valence-corrected chi connectivity index (χ3v) is 6.06. The highest BCUT2D eigenvalue weighted by atomic mass is 16.6. The normalized spacial score (nSPS) is 11.2. The molecular formula is C33H40N4O8. The second-order valence-corrected chi connectivity index (χ2v) is 10.7. The SMILES string of the molecule is COCCOCCOCCOc1cc(Nc2cc(Oc3ccc(NC(=O)OC(C)(C)C)c4ccccc34)ncn2)cc(OC)c1. The number of anilines is 3. The molecule has 45 heavy (non-hydrogen) atoms. The standard InChI is InChI=1S/C33H40N4O8/c1-33(2,3)45-32(38)37-28-10-11-29(27-9-7-6-8-26(27)28)44-31-21-30(34-22-35-31)36-23-18-24(40-5)20-25(19-23)43-17-16-42-15-14-41-13-12-39-4/h6-11,18-22H,12-17H2,1-5H3,(H,37,38)(H,34,35,36). The molecule has 0 unspecified atom stereocenters. The summed E-state index contributed by atoms with van der Waals surface area (Å²) in [4.78, 5) is 21.0. The summed E-state index contributed by atoms with van der Waals surface area (Å²) in [6.07, 6.45) is 0.874. The highest BCUT2D eigenvalue weighted by Crippen LogP contribution is 2.35.